The highest BCUT2D eigenvalue weighted by Gasteiger charge is 2.40. The highest BCUT2D eigenvalue weighted by atomic mass is 16.5. The van der Waals surface area contributed by atoms with E-state index in [1.807, 2.05) is 57.2 Å². The molecule has 0 unspecified atom stereocenters. The van der Waals surface area contributed by atoms with Crippen molar-refractivity contribution in [2.45, 2.75) is 33.3 Å². The second-order valence-corrected chi connectivity index (χ2v) is 7.54. The summed E-state index contributed by atoms with van der Waals surface area (Å²) >= 11 is 0. The second kappa shape index (κ2) is 10.8. The van der Waals surface area contributed by atoms with Crippen molar-refractivity contribution in [2.75, 3.05) is 32.2 Å². The molecule has 1 heterocycles. The van der Waals surface area contributed by atoms with E-state index in [1.54, 1.807) is 19.2 Å². The van der Waals surface area contributed by atoms with Gasteiger partial charge in [-0.05, 0) is 45.4 Å². The van der Waals surface area contributed by atoms with E-state index in [-0.39, 0.29) is 35.7 Å². The van der Waals surface area contributed by atoms with Gasteiger partial charge in [-0.3, -0.25) is 14.5 Å². The zero-order valence-electron chi connectivity index (χ0n) is 19.0. The van der Waals surface area contributed by atoms with Crippen LogP contribution in [0.3, 0.4) is 0 Å². The first-order valence-electron chi connectivity index (χ1n) is 10.8. The molecule has 7 heteroatoms. The van der Waals surface area contributed by atoms with Crippen LogP contribution in [0.4, 0.5) is 5.69 Å². The van der Waals surface area contributed by atoms with Crippen LogP contribution < -0.4 is 14.8 Å². The molecule has 0 saturated heterocycles. The van der Waals surface area contributed by atoms with Crippen molar-refractivity contribution in [1.82, 2.24) is 4.90 Å². The van der Waals surface area contributed by atoms with Gasteiger partial charge >= 0.3 is 0 Å². The summed E-state index contributed by atoms with van der Waals surface area (Å²) in [6.45, 7) is 7.00. The molecule has 0 fully saturated rings. The van der Waals surface area contributed by atoms with Crippen LogP contribution in [0, 0.1) is 0 Å². The summed E-state index contributed by atoms with van der Waals surface area (Å²) in [5, 5.41) is 3.17. The Morgan fingerprint density at radius 2 is 1.66 bits per heavy atom. The molecule has 1 N–H and O–H groups in total. The van der Waals surface area contributed by atoms with Crippen LogP contribution in [0.15, 0.2) is 54.2 Å². The Balaban J connectivity index is 1.98. The van der Waals surface area contributed by atoms with Crippen LogP contribution in [-0.2, 0) is 14.3 Å². The van der Waals surface area contributed by atoms with E-state index in [4.69, 9.17) is 14.2 Å². The number of amides is 2. The lowest BCUT2D eigenvalue weighted by Gasteiger charge is -2.16. The van der Waals surface area contributed by atoms with E-state index < -0.39 is 0 Å². The summed E-state index contributed by atoms with van der Waals surface area (Å²) in [5.74, 6) is 0.379. The molecule has 1 aliphatic rings. The highest BCUT2D eigenvalue weighted by molar-refractivity contribution is 6.37. The van der Waals surface area contributed by atoms with Gasteiger partial charge in [-0.25, -0.2) is 0 Å². The van der Waals surface area contributed by atoms with Crippen LogP contribution in [0.2, 0.25) is 0 Å². The van der Waals surface area contributed by atoms with Gasteiger partial charge in [-0.15, -0.1) is 0 Å². The molecular weight excluding hydrogens is 408 g/mol. The highest BCUT2D eigenvalue weighted by Crippen LogP contribution is 2.36. The molecular formula is C25H30N2O5. The van der Waals surface area contributed by atoms with E-state index in [0.717, 1.165) is 0 Å². The maximum atomic E-state index is 13.4. The van der Waals surface area contributed by atoms with E-state index in [9.17, 15) is 9.59 Å². The number of hydrogen-bond acceptors (Lipinski definition) is 6. The molecule has 0 aliphatic carbocycles. The van der Waals surface area contributed by atoms with Crippen molar-refractivity contribution in [3.63, 3.8) is 0 Å². The fourth-order valence-corrected chi connectivity index (χ4v) is 3.52. The third-order valence-electron chi connectivity index (χ3n) is 4.97. The summed E-state index contributed by atoms with van der Waals surface area (Å²) in [7, 11) is 1.54. The first-order valence-corrected chi connectivity index (χ1v) is 10.8. The van der Waals surface area contributed by atoms with Gasteiger partial charge in [0.1, 0.15) is 17.2 Å². The molecule has 7 nitrogen and oxygen atoms in total. The number of carbonyl (C=O) groups is 2. The van der Waals surface area contributed by atoms with Gasteiger partial charge in [0.15, 0.2) is 0 Å². The fraction of sp³-hybridized carbons (Fsp3) is 0.360. The molecule has 32 heavy (non-hydrogen) atoms. The molecule has 0 spiro atoms. The molecule has 0 bridgehead atoms. The van der Waals surface area contributed by atoms with Gasteiger partial charge in [-0.2, -0.15) is 0 Å². The van der Waals surface area contributed by atoms with Crippen molar-refractivity contribution >= 4 is 23.1 Å². The van der Waals surface area contributed by atoms with Gasteiger partial charge in [0.05, 0.1) is 31.1 Å². The molecule has 2 aromatic carbocycles. The quantitative estimate of drug-likeness (QED) is 0.420. The third kappa shape index (κ3) is 5.11. The lowest BCUT2D eigenvalue weighted by Crippen LogP contribution is -2.34. The molecule has 0 saturated carbocycles. The Labute approximate surface area is 189 Å². The standard InChI is InChI=1S/C25H30N2O5/c1-5-31-21-14-9-7-12-19(21)26-23-22(18-11-6-8-13-20(18)30-4)24(28)27(25(23)29)15-10-16-32-17(2)3/h6-9,11-14,17,26H,5,10,15-16H2,1-4H3. The molecule has 2 amide bonds. The number of carbonyl (C=O) groups excluding carboxylic acids is 2. The first kappa shape index (κ1) is 23.3. The monoisotopic (exact) mass is 438 g/mol. The number of nitrogens with zero attached hydrogens (tertiary/aromatic N) is 1. The number of ether oxygens (including phenoxy) is 3. The lowest BCUT2D eigenvalue weighted by molar-refractivity contribution is -0.137. The predicted octanol–water partition coefficient (Wildman–Crippen LogP) is 4.10. The Kier molecular flexibility index (Phi) is 7.89. The van der Waals surface area contributed by atoms with E-state index in [1.165, 1.54) is 4.90 Å². The Bertz CT molecular complexity index is 999. The minimum Gasteiger partial charge on any atom is -0.496 e. The minimum atomic E-state index is -0.383. The smallest absolute Gasteiger partial charge is 0.278 e. The minimum absolute atomic E-state index is 0.0922. The average molecular weight is 439 g/mol. The summed E-state index contributed by atoms with van der Waals surface area (Å²) < 4.78 is 16.7. The molecule has 2 aromatic rings. The van der Waals surface area contributed by atoms with Crippen molar-refractivity contribution in [3.05, 3.63) is 59.8 Å². The zero-order chi connectivity index (χ0) is 23.1. The average Bonchev–Trinajstić information content (AvgIpc) is 3.01. The van der Waals surface area contributed by atoms with Gasteiger partial charge < -0.3 is 19.5 Å². The number of hydrogen-bond donors (Lipinski definition) is 1. The van der Waals surface area contributed by atoms with Crippen molar-refractivity contribution < 1.29 is 23.8 Å². The van der Waals surface area contributed by atoms with E-state index >= 15 is 0 Å². The van der Waals surface area contributed by atoms with Crippen molar-refractivity contribution in [3.8, 4) is 11.5 Å². The van der Waals surface area contributed by atoms with Gasteiger partial charge in [-0.1, -0.05) is 30.3 Å². The fourth-order valence-electron chi connectivity index (χ4n) is 3.52. The van der Waals surface area contributed by atoms with Gasteiger partial charge in [0, 0.05) is 18.7 Å². The first-order chi connectivity index (χ1) is 15.5. The molecule has 1 aliphatic heterocycles. The summed E-state index contributed by atoms with van der Waals surface area (Å²) in [4.78, 5) is 28.0. The lowest BCUT2D eigenvalue weighted by atomic mass is 10.0. The normalized spacial score (nSPS) is 13.8. The predicted molar refractivity (Wildman–Crippen MR) is 124 cm³/mol. The maximum Gasteiger partial charge on any atom is 0.278 e. The van der Waals surface area contributed by atoms with E-state index in [0.29, 0.717) is 42.4 Å². The molecule has 0 aromatic heterocycles. The largest absolute Gasteiger partial charge is 0.496 e. The number of benzene rings is 2. The SMILES string of the molecule is CCOc1ccccc1NC1=C(c2ccccc2OC)C(=O)N(CCCOC(C)C)C1=O. The number of nitrogens with one attached hydrogen (secondary N) is 1. The second-order valence-electron chi connectivity index (χ2n) is 7.54. The number of para-hydroxylation sites is 3. The molecule has 0 atom stereocenters. The number of rotatable bonds is 11. The van der Waals surface area contributed by atoms with Gasteiger partial charge in [0.25, 0.3) is 11.8 Å². The topological polar surface area (TPSA) is 77.1 Å². The Morgan fingerprint density at radius 1 is 0.969 bits per heavy atom. The summed E-state index contributed by atoms with van der Waals surface area (Å²) in [6.07, 6.45) is 0.645. The third-order valence-corrected chi connectivity index (χ3v) is 4.97. The molecule has 3 rings (SSSR count). The molecule has 170 valence electrons. The zero-order valence-corrected chi connectivity index (χ0v) is 19.0. The number of methoxy groups -OCH3 is 1. The summed E-state index contributed by atoms with van der Waals surface area (Å²) in [5.41, 5.74) is 1.66. The number of imide groups is 1. The van der Waals surface area contributed by atoms with E-state index in [2.05, 4.69) is 5.32 Å². The van der Waals surface area contributed by atoms with Crippen LogP contribution in [0.5, 0.6) is 11.5 Å². The van der Waals surface area contributed by atoms with Crippen LogP contribution >= 0.6 is 0 Å². The van der Waals surface area contributed by atoms with Crippen molar-refractivity contribution in [2.24, 2.45) is 0 Å². The maximum absolute atomic E-state index is 13.4. The van der Waals surface area contributed by atoms with Gasteiger partial charge in [0.2, 0.25) is 0 Å². The Morgan fingerprint density at radius 3 is 2.34 bits per heavy atom. The molecule has 0 radical (unpaired) electrons. The van der Waals surface area contributed by atoms with Crippen LogP contribution in [0.25, 0.3) is 5.57 Å². The van der Waals surface area contributed by atoms with Crippen LogP contribution in [-0.4, -0.2) is 49.7 Å². The summed E-state index contributed by atoms with van der Waals surface area (Å²) in [6, 6.07) is 14.5. The van der Waals surface area contributed by atoms with Crippen LogP contribution in [0.1, 0.15) is 32.8 Å². The Hall–Kier alpha value is -3.32. The number of anilines is 1. The van der Waals surface area contributed by atoms with Crippen molar-refractivity contribution in [1.29, 1.82) is 0 Å².